The molecule has 0 radical (unpaired) electrons. The van der Waals surface area contributed by atoms with Crippen LogP contribution in [0.1, 0.15) is 33.6 Å². The van der Waals surface area contributed by atoms with Gasteiger partial charge < -0.3 is 15.7 Å². The van der Waals surface area contributed by atoms with Gasteiger partial charge in [0.2, 0.25) is 0 Å². The molecule has 1 unspecified atom stereocenters. The summed E-state index contributed by atoms with van der Waals surface area (Å²) in [5, 5.41) is 16.4. The predicted molar refractivity (Wildman–Crippen MR) is 72.4 cm³/mol. The third-order valence-electron chi connectivity index (χ3n) is 2.75. The molecule has 0 saturated heterocycles. The molecule has 0 bridgehead atoms. The first-order valence-electron chi connectivity index (χ1n) is 6.22. The molecule has 0 amide bonds. The van der Waals surface area contributed by atoms with E-state index in [1.165, 1.54) is 0 Å². The molecule has 0 saturated carbocycles. The third kappa shape index (κ3) is 5.04. The fourth-order valence-electron chi connectivity index (χ4n) is 1.32. The van der Waals surface area contributed by atoms with E-state index < -0.39 is 5.60 Å². The van der Waals surface area contributed by atoms with Gasteiger partial charge in [-0.3, -0.25) is 4.98 Å². The fourth-order valence-corrected chi connectivity index (χ4v) is 1.32. The molecule has 4 heteroatoms. The summed E-state index contributed by atoms with van der Waals surface area (Å²) in [5.41, 5.74) is 1.26. The van der Waals surface area contributed by atoms with Crippen LogP contribution in [0.4, 0.5) is 11.4 Å². The van der Waals surface area contributed by atoms with Crippen LogP contribution in [0.3, 0.4) is 0 Å². The summed E-state index contributed by atoms with van der Waals surface area (Å²) in [6.07, 6.45) is 5.38. The SMILES string of the molecule is CCCNc1cncc(NCC(C)(O)CC)c1. The molecule has 4 nitrogen and oxygen atoms in total. The molecular formula is C13H23N3O. The lowest BCUT2D eigenvalue weighted by molar-refractivity contribution is 0.0697. The van der Waals surface area contributed by atoms with Crippen LogP contribution in [-0.4, -0.2) is 28.8 Å². The summed E-state index contributed by atoms with van der Waals surface area (Å²) in [5.74, 6) is 0. The van der Waals surface area contributed by atoms with Crippen molar-refractivity contribution in [2.75, 3.05) is 23.7 Å². The zero-order valence-corrected chi connectivity index (χ0v) is 11.0. The van der Waals surface area contributed by atoms with Crippen LogP contribution in [-0.2, 0) is 0 Å². The molecule has 0 aliphatic carbocycles. The van der Waals surface area contributed by atoms with Gasteiger partial charge in [-0.25, -0.2) is 0 Å². The Morgan fingerprint density at radius 2 is 1.88 bits per heavy atom. The molecule has 1 heterocycles. The van der Waals surface area contributed by atoms with E-state index in [2.05, 4.69) is 22.5 Å². The number of hydrogen-bond acceptors (Lipinski definition) is 4. The summed E-state index contributed by atoms with van der Waals surface area (Å²) in [4.78, 5) is 4.16. The summed E-state index contributed by atoms with van der Waals surface area (Å²) >= 11 is 0. The minimum Gasteiger partial charge on any atom is -0.388 e. The van der Waals surface area contributed by atoms with Crippen molar-refractivity contribution in [3.63, 3.8) is 0 Å². The first kappa shape index (κ1) is 13.8. The summed E-state index contributed by atoms with van der Waals surface area (Å²) < 4.78 is 0. The predicted octanol–water partition coefficient (Wildman–Crippen LogP) is 2.48. The topological polar surface area (TPSA) is 57.2 Å². The number of pyridine rings is 1. The van der Waals surface area contributed by atoms with Gasteiger partial charge in [0.05, 0.1) is 29.4 Å². The number of rotatable bonds is 7. The van der Waals surface area contributed by atoms with Gasteiger partial charge in [-0.1, -0.05) is 13.8 Å². The minimum absolute atomic E-state index is 0.530. The van der Waals surface area contributed by atoms with Crippen molar-refractivity contribution in [1.82, 2.24) is 4.98 Å². The van der Waals surface area contributed by atoms with Crippen LogP contribution in [0.15, 0.2) is 18.5 Å². The molecule has 17 heavy (non-hydrogen) atoms. The lowest BCUT2D eigenvalue weighted by Gasteiger charge is -2.22. The number of hydrogen-bond donors (Lipinski definition) is 3. The zero-order valence-electron chi connectivity index (χ0n) is 11.0. The van der Waals surface area contributed by atoms with E-state index in [-0.39, 0.29) is 0 Å². The summed E-state index contributed by atoms with van der Waals surface area (Å²) in [6.45, 7) is 7.40. The fraction of sp³-hybridized carbons (Fsp3) is 0.615. The average molecular weight is 237 g/mol. The summed E-state index contributed by atoms with van der Waals surface area (Å²) in [7, 11) is 0. The molecule has 3 N–H and O–H groups in total. The zero-order chi connectivity index (χ0) is 12.7. The normalized spacial score (nSPS) is 14.1. The maximum atomic E-state index is 9.90. The van der Waals surface area contributed by atoms with Crippen molar-refractivity contribution in [2.45, 2.75) is 39.2 Å². The van der Waals surface area contributed by atoms with Crippen LogP contribution < -0.4 is 10.6 Å². The largest absolute Gasteiger partial charge is 0.388 e. The molecule has 0 spiro atoms. The van der Waals surface area contributed by atoms with Gasteiger partial charge >= 0.3 is 0 Å². The van der Waals surface area contributed by atoms with Crippen LogP contribution in [0.25, 0.3) is 0 Å². The van der Waals surface area contributed by atoms with E-state index in [0.29, 0.717) is 6.54 Å². The van der Waals surface area contributed by atoms with Crippen molar-refractivity contribution in [3.8, 4) is 0 Å². The van der Waals surface area contributed by atoms with E-state index in [4.69, 9.17) is 0 Å². The number of nitrogens with one attached hydrogen (secondary N) is 2. The number of anilines is 2. The van der Waals surface area contributed by atoms with Crippen molar-refractivity contribution in [3.05, 3.63) is 18.5 Å². The Hall–Kier alpha value is -1.29. The van der Waals surface area contributed by atoms with E-state index >= 15 is 0 Å². The maximum absolute atomic E-state index is 9.90. The molecule has 1 rings (SSSR count). The van der Waals surface area contributed by atoms with Crippen LogP contribution in [0, 0.1) is 0 Å². The molecule has 1 aromatic rings. The second-order valence-electron chi connectivity index (χ2n) is 4.59. The van der Waals surface area contributed by atoms with Crippen molar-refractivity contribution in [2.24, 2.45) is 0 Å². The maximum Gasteiger partial charge on any atom is 0.0788 e. The van der Waals surface area contributed by atoms with Gasteiger partial charge in [-0.2, -0.15) is 0 Å². The van der Waals surface area contributed by atoms with Gasteiger partial charge in [0, 0.05) is 13.1 Å². The standard InChI is InChI=1S/C13H23N3O/c1-4-6-15-11-7-12(9-14-8-11)16-10-13(3,17)5-2/h7-9,15-17H,4-6,10H2,1-3H3. The van der Waals surface area contributed by atoms with Gasteiger partial charge in [0.15, 0.2) is 0 Å². The Morgan fingerprint density at radius 1 is 1.24 bits per heavy atom. The molecule has 0 aliphatic rings. The van der Waals surface area contributed by atoms with E-state index in [1.807, 2.05) is 19.9 Å². The minimum atomic E-state index is -0.674. The first-order chi connectivity index (χ1) is 8.07. The highest BCUT2D eigenvalue weighted by Crippen LogP contribution is 2.15. The molecule has 0 aromatic carbocycles. The van der Waals surface area contributed by atoms with Crippen molar-refractivity contribution >= 4 is 11.4 Å². The van der Waals surface area contributed by atoms with Crippen molar-refractivity contribution < 1.29 is 5.11 Å². The van der Waals surface area contributed by atoms with Crippen LogP contribution in [0.2, 0.25) is 0 Å². The Balaban J connectivity index is 2.53. The second-order valence-corrected chi connectivity index (χ2v) is 4.59. The highest BCUT2D eigenvalue weighted by atomic mass is 16.3. The number of aliphatic hydroxyl groups is 1. The lowest BCUT2D eigenvalue weighted by atomic mass is 10.0. The molecule has 1 aromatic heterocycles. The third-order valence-corrected chi connectivity index (χ3v) is 2.75. The van der Waals surface area contributed by atoms with Gasteiger partial charge in [-0.05, 0) is 25.8 Å². The van der Waals surface area contributed by atoms with E-state index in [0.717, 1.165) is 30.8 Å². The van der Waals surface area contributed by atoms with Gasteiger partial charge in [0.25, 0.3) is 0 Å². The van der Waals surface area contributed by atoms with Crippen LogP contribution >= 0.6 is 0 Å². The Morgan fingerprint density at radius 3 is 2.47 bits per heavy atom. The van der Waals surface area contributed by atoms with Crippen molar-refractivity contribution in [1.29, 1.82) is 0 Å². The smallest absolute Gasteiger partial charge is 0.0788 e. The molecule has 1 atom stereocenters. The van der Waals surface area contributed by atoms with E-state index in [1.54, 1.807) is 12.4 Å². The monoisotopic (exact) mass is 237 g/mol. The van der Waals surface area contributed by atoms with Crippen LogP contribution in [0.5, 0.6) is 0 Å². The summed E-state index contributed by atoms with van der Waals surface area (Å²) in [6, 6.07) is 2.01. The first-order valence-corrected chi connectivity index (χ1v) is 6.22. The Bertz CT molecular complexity index is 339. The number of nitrogens with zero attached hydrogens (tertiary/aromatic N) is 1. The quantitative estimate of drug-likeness (QED) is 0.682. The van der Waals surface area contributed by atoms with Gasteiger partial charge in [-0.15, -0.1) is 0 Å². The highest BCUT2D eigenvalue weighted by molar-refractivity contribution is 5.54. The van der Waals surface area contributed by atoms with E-state index in [9.17, 15) is 5.11 Å². The average Bonchev–Trinajstić information content (AvgIpc) is 2.35. The highest BCUT2D eigenvalue weighted by Gasteiger charge is 2.16. The lowest BCUT2D eigenvalue weighted by Crippen LogP contribution is -2.32. The second kappa shape index (κ2) is 6.45. The Kier molecular flexibility index (Phi) is 5.22. The Labute approximate surface area is 103 Å². The molecular weight excluding hydrogens is 214 g/mol. The molecule has 0 fully saturated rings. The molecule has 96 valence electrons. The molecule has 0 aliphatic heterocycles. The number of aromatic nitrogens is 1. The van der Waals surface area contributed by atoms with Gasteiger partial charge in [0.1, 0.15) is 0 Å².